The zero-order valence-corrected chi connectivity index (χ0v) is 11.0. The second-order valence-electron chi connectivity index (χ2n) is 4.71. The lowest BCUT2D eigenvalue weighted by molar-refractivity contribution is -0.0262. The van der Waals surface area contributed by atoms with Crippen LogP contribution in [0.2, 0.25) is 5.02 Å². The highest BCUT2D eigenvalue weighted by atomic mass is 35.5. The van der Waals surface area contributed by atoms with E-state index in [2.05, 4.69) is 5.32 Å². The van der Waals surface area contributed by atoms with Crippen molar-refractivity contribution in [1.82, 2.24) is 5.32 Å². The van der Waals surface area contributed by atoms with Crippen molar-refractivity contribution in [3.05, 3.63) is 34.6 Å². The van der Waals surface area contributed by atoms with Gasteiger partial charge in [0.15, 0.2) is 0 Å². The summed E-state index contributed by atoms with van der Waals surface area (Å²) in [7, 11) is 0. The van der Waals surface area contributed by atoms with Crippen LogP contribution in [0.4, 0.5) is 4.39 Å². The van der Waals surface area contributed by atoms with Gasteiger partial charge in [0.2, 0.25) is 0 Å². The van der Waals surface area contributed by atoms with Crippen molar-refractivity contribution in [3.63, 3.8) is 0 Å². The van der Waals surface area contributed by atoms with Crippen LogP contribution in [-0.4, -0.2) is 30.0 Å². The topological polar surface area (TPSA) is 41.5 Å². The molecule has 0 amide bonds. The van der Waals surface area contributed by atoms with Crippen LogP contribution in [0.25, 0.3) is 0 Å². The van der Waals surface area contributed by atoms with Crippen LogP contribution < -0.4 is 5.32 Å². The zero-order chi connectivity index (χ0) is 13.2. The van der Waals surface area contributed by atoms with E-state index in [1.54, 1.807) is 0 Å². The summed E-state index contributed by atoms with van der Waals surface area (Å²) in [4.78, 5) is 0. The fraction of sp³-hybridized carbons (Fsp3) is 0.538. The lowest BCUT2D eigenvalue weighted by Crippen LogP contribution is -2.45. The van der Waals surface area contributed by atoms with Crippen molar-refractivity contribution in [2.75, 3.05) is 13.2 Å². The van der Waals surface area contributed by atoms with E-state index in [-0.39, 0.29) is 11.9 Å². The maximum absolute atomic E-state index is 13.1. The average molecular weight is 274 g/mol. The standard InChI is InChI=1S/C13H17ClFNO2/c1-9-13(17,4-5-18-9)8-16-7-10-6-11(15)2-3-12(10)14/h2-3,6,9,16-17H,4-5,7-8H2,1H3. The van der Waals surface area contributed by atoms with Gasteiger partial charge in [0.1, 0.15) is 11.4 Å². The Balaban J connectivity index is 1.90. The highest BCUT2D eigenvalue weighted by Crippen LogP contribution is 2.25. The van der Waals surface area contributed by atoms with Gasteiger partial charge < -0.3 is 15.2 Å². The van der Waals surface area contributed by atoms with Crippen LogP contribution >= 0.6 is 11.6 Å². The summed E-state index contributed by atoms with van der Waals surface area (Å²) in [5.74, 6) is -0.313. The Morgan fingerprint density at radius 1 is 1.61 bits per heavy atom. The number of hydrogen-bond donors (Lipinski definition) is 2. The molecule has 2 unspecified atom stereocenters. The molecule has 1 saturated heterocycles. The van der Waals surface area contributed by atoms with Crippen LogP contribution in [0.15, 0.2) is 18.2 Å². The van der Waals surface area contributed by atoms with Gasteiger partial charge in [-0.1, -0.05) is 11.6 Å². The number of nitrogens with one attached hydrogen (secondary N) is 1. The molecule has 2 atom stereocenters. The summed E-state index contributed by atoms with van der Waals surface area (Å²) in [6, 6.07) is 4.25. The molecule has 1 aliphatic rings. The van der Waals surface area contributed by atoms with E-state index < -0.39 is 5.60 Å². The molecular weight excluding hydrogens is 257 g/mol. The Hall–Kier alpha value is -0.680. The molecule has 0 bridgehead atoms. The summed E-state index contributed by atoms with van der Waals surface area (Å²) >= 11 is 5.96. The molecule has 1 fully saturated rings. The number of halogens is 2. The number of rotatable bonds is 4. The van der Waals surface area contributed by atoms with E-state index in [1.807, 2.05) is 6.92 Å². The van der Waals surface area contributed by atoms with Gasteiger partial charge in [-0.15, -0.1) is 0 Å². The lowest BCUT2D eigenvalue weighted by atomic mass is 9.96. The molecule has 0 saturated carbocycles. The van der Waals surface area contributed by atoms with Gasteiger partial charge in [0, 0.05) is 31.1 Å². The van der Waals surface area contributed by atoms with E-state index in [9.17, 15) is 9.50 Å². The first kappa shape index (κ1) is 13.7. The van der Waals surface area contributed by atoms with Gasteiger partial charge in [-0.2, -0.15) is 0 Å². The van der Waals surface area contributed by atoms with Gasteiger partial charge in [-0.3, -0.25) is 0 Å². The van der Waals surface area contributed by atoms with Gasteiger partial charge in [-0.05, 0) is 30.7 Å². The normalized spacial score (nSPS) is 27.7. The Kier molecular flexibility index (Phi) is 4.22. The summed E-state index contributed by atoms with van der Waals surface area (Å²) in [5, 5.41) is 13.9. The van der Waals surface area contributed by atoms with Crippen LogP contribution in [0.1, 0.15) is 18.9 Å². The van der Waals surface area contributed by atoms with E-state index in [0.29, 0.717) is 36.7 Å². The first-order valence-electron chi connectivity index (χ1n) is 6.00. The fourth-order valence-corrected chi connectivity index (χ4v) is 2.28. The van der Waals surface area contributed by atoms with Gasteiger partial charge in [0.05, 0.1) is 6.10 Å². The third-order valence-electron chi connectivity index (χ3n) is 3.41. The SMILES string of the molecule is CC1OCCC1(O)CNCc1cc(F)ccc1Cl. The first-order chi connectivity index (χ1) is 8.51. The maximum atomic E-state index is 13.1. The molecule has 1 aromatic rings. The highest BCUT2D eigenvalue weighted by Gasteiger charge is 2.38. The van der Waals surface area contributed by atoms with Crippen LogP contribution in [-0.2, 0) is 11.3 Å². The zero-order valence-electron chi connectivity index (χ0n) is 10.2. The predicted octanol–water partition coefficient (Wildman–Crippen LogP) is 2.11. The average Bonchev–Trinajstić information content (AvgIpc) is 2.64. The van der Waals surface area contributed by atoms with Crippen molar-refractivity contribution in [3.8, 4) is 0 Å². The highest BCUT2D eigenvalue weighted by molar-refractivity contribution is 6.31. The van der Waals surface area contributed by atoms with Crippen molar-refractivity contribution in [2.45, 2.75) is 31.6 Å². The van der Waals surface area contributed by atoms with Crippen molar-refractivity contribution >= 4 is 11.6 Å². The predicted molar refractivity (Wildman–Crippen MR) is 68.1 cm³/mol. The minimum Gasteiger partial charge on any atom is -0.386 e. The van der Waals surface area contributed by atoms with Gasteiger partial charge in [-0.25, -0.2) is 4.39 Å². The molecule has 1 aliphatic heterocycles. The summed E-state index contributed by atoms with van der Waals surface area (Å²) in [5.41, 5.74) is -0.161. The van der Waals surface area contributed by atoms with E-state index >= 15 is 0 Å². The minimum absolute atomic E-state index is 0.187. The van der Waals surface area contributed by atoms with Crippen LogP contribution in [0, 0.1) is 5.82 Å². The number of hydrogen-bond acceptors (Lipinski definition) is 3. The van der Waals surface area contributed by atoms with E-state index in [0.717, 1.165) is 0 Å². The fourth-order valence-electron chi connectivity index (χ4n) is 2.10. The molecule has 100 valence electrons. The van der Waals surface area contributed by atoms with Crippen LogP contribution in [0.5, 0.6) is 0 Å². The van der Waals surface area contributed by atoms with Crippen molar-refractivity contribution in [2.24, 2.45) is 0 Å². The second-order valence-corrected chi connectivity index (χ2v) is 5.11. The Morgan fingerprint density at radius 3 is 3.06 bits per heavy atom. The first-order valence-corrected chi connectivity index (χ1v) is 6.38. The molecule has 0 spiro atoms. The quantitative estimate of drug-likeness (QED) is 0.883. The third-order valence-corrected chi connectivity index (χ3v) is 3.78. The number of ether oxygens (including phenoxy) is 1. The summed E-state index contributed by atoms with van der Waals surface area (Å²) in [6.45, 7) is 3.25. The Morgan fingerprint density at radius 2 is 2.39 bits per heavy atom. The maximum Gasteiger partial charge on any atom is 0.123 e. The number of aliphatic hydroxyl groups is 1. The largest absolute Gasteiger partial charge is 0.386 e. The summed E-state index contributed by atoms with van der Waals surface area (Å²) < 4.78 is 18.4. The molecule has 2 N–H and O–H groups in total. The van der Waals surface area contributed by atoms with E-state index in [4.69, 9.17) is 16.3 Å². The minimum atomic E-state index is -0.847. The molecule has 18 heavy (non-hydrogen) atoms. The molecule has 5 heteroatoms. The molecule has 3 nitrogen and oxygen atoms in total. The van der Waals surface area contributed by atoms with Crippen molar-refractivity contribution < 1.29 is 14.2 Å². The van der Waals surface area contributed by atoms with E-state index in [1.165, 1.54) is 18.2 Å². The Bertz CT molecular complexity index is 429. The lowest BCUT2D eigenvalue weighted by Gasteiger charge is -2.26. The molecule has 0 aromatic heterocycles. The molecule has 1 aromatic carbocycles. The summed E-state index contributed by atoms with van der Waals surface area (Å²) in [6.07, 6.45) is 0.422. The van der Waals surface area contributed by atoms with Gasteiger partial charge >= 0.3 is 0 Å². The third kappa shape index (κ3) is 3.01. The molecular formula is C13H17ClFNO2. The van der Waals surface area contributed by atoms with Gasteiger partial charge in [0.25, 0.3) is 0 Å². The van der Waals surface area contributed by atoms with Crippen molar-refractivity contribution in [1.29, 1.82) is 0 Å². The molecule has 0 radical (unpaired) electrons. The molecule has 0 aliphatic carbocycles. The smallest absolute Gasteiger partial charge is 0.123 e. The molecule has 2 rings (SSSR count). The molecule has 1 heterocycles. The Labute approximate surface area is 111 Å². The number of benzene rings is 1. The van der Waals surface area contributed by atoms with Crippen LogP contribution in [0.3, 0.4) is 0 Å². The second kappa shape index (κ2) is 5.53. The monoisotopic (exact) mass is 273 g/mol.